The summed E-state index contributed by atoms with van der Waals surface area (Å²) in [6, 6.07) is 10.2. The minimum Gasteiger partial charge on any atom is -0.481 e. The number of hydrogen-bond acceptors (Lipinski definition) is 6. The van der Waals surface area contributed by atoms with Gasteiger partial charge >= 0.3 is 6.29 Å². The van der Waals surface area contributed by atoms with Crippen LogP contribution in [0.15, 0.2) is 42.6 Å². The average Bonchev–Trinajstić information content (AvgIpc) is 3.53. The second-order valence-corrected chi connectivity index (χ2v) is 8.50. The van der Waals surface area contributed by atoms with Crippen molar-refractivity contribution in [2.75, 3.05) is 7.11 Å². The van der Waals surface area contributed by atoms with Crippen LogP contribution >= 0.6 is 0 Å². The molecule has 3 heterocycles. The maximum absolute atomic E-state index is 13.4. The minimum absolute atomic E-state index is 0.00198. The summed E-state index contributed by atoms with van der Waals surface area (Å²) in [6.07, 6.45) is -0.578. The van der Waals surface area contributed by atoms with E-state index in [4.69, 9.17) is 9.72 Å². The summed E-state index contributed by atoms with van der Waals surface area (Å²) < 4.78 is 41.1. The summed E-state index contributed by atoms with van der Waals surface area (Å²) in [5, 5.41) is 0. The van der Waals surface area contributed by atoms with Gasteiger partial charge < -0.3 is 14.2 Å². The molecule has 3 aromatic rings. The van der Waals surface area contributed by atoms with Crippen LogP contribution in [0, 0.1) is 13.8 Å². The molecule has 1 aliphatic carbocycles. The molecule has 1 aromatic carbocycles. The molecule has 0 unspecified atom stereocenters. The molecule has 5 rings (SSSR count). The number of carbonyl (C=O) groups is 1. The minimum atomic E-state index is -3.68. The Morgan fingerprint density at radius 1 is 1.09 bits per heavy atom. The number of benzene rings is 1. The highest BCUT2D eigenvalue weighted by atomic mass is 19.3. The van der Waals surface area contributed by atoms with E-state index in [2.05, 4.69) is 14.5 Å². The van der Waals surface area contributed by atoms with Gasteiger partial charge in [-0.05, 0) is 67.6 Å². The van der Waals surface area contributed by atoms with E-state index in [9.17, 15) is 13.6 Å². The van der Waals surface area contributed by atoms with Gasteiger partial charge in [0.15, 0.2) is 11.5 Å². The van der Waals surface area contributed by atoms with Gasteiger partial charge in [0, 0.05) is 29.9 Å². The van der Waals surface area contributed by atoms with Gasteiger partial charge in [-0.25, -0.2) is 4.98 Å². The van der Waals surface area contributed by atoms with Gasteiger partial charge in [0.05, 0.1) is 18.2 Å². The molecule has 6 nitrogen and oxygen atoms in total. The van der Waals surface area contributed by atoms with Gasteiger partial charge in [-0.3, -0.25) is 9.78 Å². The molecule has 170 valence electrons. The first-order chi connectivity index (χ1) is 15.7. The number of alkyl halides is 2. The Kier molecular flexibility index (Phi) is 4.84. The van der Waals surface area contributed by atoms with Crippen LogP contribution in [0.5, 0.6) is 17.4 Å². The maximum Gasteiger partial charge on any atom is 0.586 e. The highest BCUT2D eigenvalue weighted by Crippen LogP contribution is 2.52. The number of methoxy groups -OCH3 is 1. The number of hydrogen-bond donors (Lipinski definition) is 0. The number of halogens is 2. The normalized spacial score (nSPS) is 17.0. The third-order valence-corrected chi connectivity index (χ3v) is 6.38. The topological polar surface area (TPSA) is 70.5 Å². The van der Waals surface area contributed by atoms with Crippen molar-refractivity contribution in [1.82, 2.24) is 9.97 Å². The molecular weight excluding hydrogens is 430 g/mol. The molecule has 2 aromatic heterocycles. The molecule has 0 atom stereocenters. The van der Waals surface area contributed by atoms with E-state index in [0.717, 1.165) is 22.4 Å². The number of ether oxygens (including phenoxy) is 3. The molecule has 0 saturated heterocycles. The largest absolute Gasteiger partial charge is 0.586 e. The first-order valence-corrected chi connectivity index (χ1v) is 10.6. The molecule has 1 saturated carbocycles. The van der Waals surface area contributed by atoms with Gasteiger partial charge in [0.2, 0.25) is 5.88 Å². The number of Topliss-reactive ketones (excluding diaryl/α,β-unsaturated/α-hetero) is 1. The quantitative estimate of drug-likeness (QED) is 0.528. The van der Waals surface area contributed by atoms with E-state index < -0.39 is 11.7 Å². The summed E-state index contributed by atoms with van der Waals surface area (Å²) in [7, 11) is 1.55. The zero-order chi connectivity index (χ0) is 23.4. The Morgan fingerprint density at radius 3 is 2.58 bits per heavy atom. The molecule has 1 aliphatic heterocycles. The lowest BCUT2D eigenvalue weighted by atomic mass is 9.88. The summed E-state index contributed by atoms with van der Waals surface area (Å²) in [5.41, 5.74) is 4.27. The van der Waals surface area contributed by atoms with Crippen molar-refractivity contribution in [3.8, 4) is 28.6 Å². The van der Waals surface area contributed by atoms with E-state index in [0.29, 0.717) is 30.0 Å². The highest BCUT2D eigenvalue weighted by Gasteiger charge is 2.52. The summed E-state index contributed by atoms with van der Waals surface area (Å²) in [4.78, 5) is 22.3. The highest BCUT2D eigenvalue weighted by molar-refractivity contribution is 5.94. The molecule has 0 amide bonds. The molecule has 0 spiro atoms. The molecule has 8 heteroatoms. The third-order valence-electron chi connectivity index (χ3n) is 6.38. The van der Waals surface area contributed by atoms with Crippen LogP contribution in [0.2, 0.25) is 0 Å². The molecule has 0 bridgehead atoms. The second kappa shape index (κ2) is 7.50. The lowest BCUT2D eigenvalue weighted by Crippen LogP contribution is -2.26. The summed E-state index contributed by atoms with van der Waals surface area (Å²) in [5.74, 6) is 0.412. The van der Waals surface area contributed by atoms with Gasteiger partial charge in [0.1, 0.15) is 5.78 Å². The van der Waals surface area contributed by atoms with Crippen LogP contribution in [0.3, 0.4) is 0 Å². The Hall–Kier alpha value is -3.55. The van der Waals surface area contributed by atoms with E-state index in [1.54, 1.807) is 19.4 Å². The zero-order valence-corrected chi connectivity index (χ0v) is 18.4. The molecule has 1 fully saturated rings. The fourth-order valence-electron chi connectivity index (χ4n) is 4.28. The Labute approximate surface area is 189 Å². The van der Waals surface area contributed by atoms with Crippen LogP contribution in [0.1, 0.15) is 35.2 Å². The number of pyridine rings is 2. The van der Waals surface area contributed by atoms with Crippen LogP contribution in [0.4, 0.5) is 8.78 Å². The first-order valence-electron chi connectivity index (χ1n) is 10.6. The SMILES string of the molecule is COc1cc(-c2nc(CC(=O)C3(c4ccc5c(c4)OC(F)(F)O5)CC3)cc(C)c2C)ccn1. The maximum atomic E-state index is 13.4. The number of aryl methyl sites for hydroxylation is 1. The van der Waals surface area contributed by atoms with Gasteiger partial charge in [-0.15, -0.1) is 8.78 Å². The molecule has 0 radical (unpaired) electrons. The van der Waals surface area contributed by atoms with Crippen molar-refractivity contribution in [3.63, 3.8) is 0 Å². The van der Waals surface area contributed by atoms with E-state index in [-0.39, 0.29) is 23.7 Å². The Morgan fingerprint density at radius 2 is 1.85 bits per heavy atom. The lowest BCUT2D eigenvalue weighted by Gasteiger charge is -2.16. The third kappa shape index (κ3) is 3.79. The van der Waals surface area contributed by atoms with Crippen LogP contribution in [-0.2, 0) is 16.6 Å². The number of ketones is 1. The van der Waals surface area contributed by atoms with Crippen molar-refractivity contribution in [2.24, 2.45) is 0 Å². The number of fused-ring (bicyclic) bond motifs is 1. The molecule has 33 heavy (non-hydrogen) atoms. The number of aromatic nitrogens is 2. The zero-order valence-electron chi connectivity index (χ0n) is 18.4. The van der Waals surface area contributed by atoms with E-state index >= 15 is 0 Å². The number of rotatable bonds is 6. The Bertz CT molecular complexity index is 1270. The summed E-state index contributed by atoms with van der Waals surface area (Å²) in [6.45, 7) is 3.97. The van der Waals surface area contributed by atoms with Crippen molar-refractivity contribution < 1.29 is 27.8 Å². The van der Waals surface area contributed by atoms with Gasteiger partial charge in [-0.2, -0.15) is 0 Å². The van der Waals surface area contributed by atoms with Crippen LogP contribution in [-0.4, -0.2) is 29.2 Å². The fourth-order valence-corrected chi connectivity index (χ4v) is 4.28. The fraction of sp³-hybridized carbons (Fsp3) is 0.320. The van der Waals surface area contributed by atoms with Crippen LogP contribution < -0.4 is 14.2 Å². The lowest BCUT2D eigenvalue weighted by molar-refractivity contribution is -0.286. The van der Waals surface area contributed by atoms with Crippen LogP contribution in [0.25, 0.3) is 11.3 Å². The molecular formula is C25H22F2N2O4. The Balaban J connectivity index is 1.43. The monoisotopic (exact) mass is 452 g/mol. The average molecular weight is 452 g/mol. The van der Waals surface area contributed by atoms with Crippen molar-refractivity contribution in [2.45, 2.75) is 44.8 Å². The second-order valence-electron chi connectivity index (χ2n) is 8.50. The number of nitrogens with zero attached hydrogens (tertiary/aromatic N) is 2. The summed E-state index contributed by atoms with van der Waals surface area (Å²) >= 11 is 0. The van der Waals surface area contributed by atoms with Gasteiger partial charge in [-0.1, -0.05) is 6.07 Å². The van der Waals surface area contributed by atoms with Crippen molar-refractivity contribution in [3.05, 3.63) is 65.0 Å². The van der Waals surface area contributed by atoms with E-state index in [1.165, 1.54) is 12.1 Å². The predicted octanol–water partition coefficient (Wildman–Crippen LogP) is 4.93. The first kappa shape index (κ1) is 21.3. The standard InChI is InChI=1S/C25H22F2N2O4/c1-14-10-18(29-23(15(14)2)16-6-9-28-22(11-16)31-3)13-21(30)24(7-8-24)17-4-5-19-20(12-17)33-25(26,27)32-19/h4-6,9-12H,7-8,13H2,1-3H3. The van der Waals surface area contributed by atoms with Gasteiger partial charge in [0.25, 0.3) is 0 Å². The molecule has 0 N–H and O–H groups in total. The smallest absolute Gasteiger partial charge is 0.481 e. The number of carbonyl (C=O) groups excluding carboxylic acids is 1. The predicted molar refractivity (Wildman–Crippen MR) is 116 cm³/mol. The van der Waals surface area contributed by atoms with Crippen molar-refractivity contribution >= 4 is 5.78 Å². The van der Waals surface area contributed by atoms with Crippen molar-refractivity contribution in [1.29, 1.82) is 0 Å². The molecule has 2 aliphatic rings. The van der Waals surface area contributed by atoms with E-state index in [1.807, 2.05) is 32.0 Å².